The number of allylic oxidation sites excluding steroid dienone is 2. The van der Waals surface area contributed by atoms with Crippen molar-refractivity contribution in [1.29, 1.82) is 0 Å². The highest BCUT2D eigenvalue weighted by atomic mass is 16.5. The predicted molar refractivity (Wildman–Crippen MR) is 88.0 cm³/mol. The molecule has 2 fully saturated rings. The Hall–Kier alpha value is -1.84. The van der Waals surface area contributed by atoms with E-state index >= 15 is 0 Å². The summed E-state index contributed by atoms with van der Waals surface area (Å²) < 4.78 is 11.0. The lowest BCUT2D eigenvalue weighted by atomic mass is 9.46. The quantitative estimate of drug-likeness (QED) is 0.724. The molecule has 4 rings (SSSR count). The molecule has 4 atom stereocenters. The van der Waals surface area contributed by atoms with Gasteiger partial charge in [-0.2, -0.15) is 0 Å². The minimum absolute atomic E-state index is 0.0703. The summed E-state index contributed by atoms with van der Waals surface area (Å²) >= 11 is 0. The molecule has 1 aromatic rings. The Morgan fingerprint density at radius 1 is 1.21 bits per heavy atom. The van der Waals surface area contributed by atoms with Crippen LogP contribution in [0.3, 0.4) is 0 Å². The molecule has 0 N–H and O–H groups in total. The number of rotatable bonds is 1. The number of cyclic esters (lactones) is 1. The lowest BCUT2D eigenvalue weighted by Crippen LogP contribution is -2.60. The maximum atomic E-state index is 13.2. The van der Waals surface area contributed by atoms with Crippen LogP contribution in [0.4, 0.5) is 0 Å². The van der Waals surface area contributed by atoms with Crippen molar-refractivity contribution in [1.82, 2.24) is 0 Å². The molecule has 1 aliphatic heterocycles. The molecule has 3 aliphatic rings. The second kappa shape index (κ2) is 5.08. The predicted octanol–water partition coefficient (Wildman–Crippen LogP) is 4.23. The number of hydrogen-bond donors (Lipinski definition) is 0. The Labute approximate surface area is 142 Å². The summed E-state index contributed by atoms with van der Waals surface area (Å²) in [6.45, 7) is 6.24. The Morgan fingerprint density at radius 3 is 2.71 bits per heavy atom. The molecule has 1 saturated heterocycles. The topological polar surface area (TPSA) is 56.5 Å². The van der Waals surface area contributed by atoms with E-state index in [2.05, 4.69) is 13.8 Å². The molecular weight excluding hydrogens is 304 g/mol. The number of ketones is 1. The number of esters is 1. The Balaban J connectivity index is 1.81. The van der Waals surface area contributed by atoms with E-state index in [1.54, 1.807) is 18.6 Å². The summed E-state index contributed by atoms with van der Waals surface area (Å²) in [7, 11) is 0. The molecule has 4 nitrogen and oxygen atoms in total. The molecule has 128 valence electrons. The van der Waals surface area contributed by atoms with Gasteiger partial charge in [0.25, 0.3) is 0 Å². The summed E-state index contributed by atoms with van der Waals surface area (Å²) in [6, 6.07) is 1.85. The van der Waals surface area contributed by atoms with E-state index in [0.29, 0.717) is 0 Å². The van der Waals surface area contributed by atoms with Crippen molar-refractivity contribution in [3.63, 3.8) is 0 Å². The first-order valence-electron chi connectivity index (χ1n) is 8.81. The highest BCUT2D eigenvalue weighted by molar-refractivity contribution is 6.00. The monoisotopic (exact) mass is 328 g/mol. The summed E-state index contributed by atoms with van der Waals surface area (Å²) in [6.07, 6.45) is 8.17. The first-order chi connectivity index (χ1) is 11.4. The van der Waals surface area contributed by atoms with E-state index in [-0.39, 0.29) is 35.1 Å². The van der Waals surface area contributed by atoms with Gasteiger partial charge in [0.2, 0.25) is 0 Å². The lowest BCUT2D eigenvalue weighted by Gasteiger charge is -2.57. The third-order valence-corrected chi connectivity index (χ3v) is 6.53. The summed E-state index contributed by atoms with van der Waals surface area (Å²) in [4.78, 5) is 26.1. The average molecular weight is 328 g/mol. The van der Waals surface area contributed by atoms with E-state index in [9.17, 15) is 9.59 Å². The van der Waals surface area contributed by atoms with E-state index in [1.165, 1.54) is 0 Å². The smallest absolute Gasteiger partial charge is 0.314 e. The fourth-order valence-corrected chi connectivity index (χ4v) is 5.57. The second-order valence-electron chi connectivity index (χ2n) is 8.35. The van der Waals surface area contributed by atoms with Crippen LogP contribution in [0, 0.1) is 22.7 Å². The van der Waals surface area contributed by atoms with Crippen molar-refractivity contribution < 1.29 is 18.7 Å². The van der Waals surface area contributed by atoms with E-state index in [4.69, 9.17) is 9.15 Å². The molecule has 0 amide bonds. The highest BCUT2D eigenvalue weighted by Crippen LogP contribution is 2.63. The first kappa shape index (κ1) is 15.7. The molecule has 0 bridgehead atoms. The van der Waals surface area contributed by atoms with Gasteiger partial charge in [-0.25, -0.2) is 0 Å². The molecule has 4 heteroatoms. The van der Waals surface area contributed by atoms with Crippen LogP contribution in [-0.2, 0) is 14.3 Å². The maximum absolute atomic E-state index is 13.2. The number of carbonyl (C=O) groups excluding carboxylic acids is 2. The minimum Gasteiger partial charge on any atom is -0.472 e. The van der Waals surface area contributed by atoms with Gasteiger partial charge in [-0.3, -0.25) is 9.59 Å². The SMILES string of the molecule is CC1=CC(=O)[C@@H]2C(C)(C)CCC[C@@]23C(=O)O[C@@H](c2ccoc2)C[C@@H]13. The van der Waals surface area contributed by atoms with Crippen molar-refractivity contribution in [2.45, 2.75) is 52.6 Å². The Kier molecular flexibility index (Phi) is 3.32. The Bertz CT molecular complexity index is 712. The largest absolute Gasteiger partial charge is 0.472 e. The van der Waals surface area contributed by atoms with E-state index in [0.717, 1.165) is 36.8 Å². The van der Waals surface area contributed by atoms with Gasteiger partial charge in [0.05, 0.1) is 17.9 Å². The summed E-state index contributed by atoms with van der Waals surface area (Å²) in [5, 5.41) is 0. The van der Waals surface area contributed by atoms with Crippen LogP contribution >= 0.6 is 0 Å². The Morgan fingerprint density at radius 2 is 2.00 bits per heavy atom. The van der Waals surface area contributed by atoms with Gasteiger partial charge in [0.15, 0.2) is 5.78 Å². The first-order valence-corrected chi connectivity index (χ1v) is 8.81. The van der Waals surface area contributed by atoms with E-state index in [1.807, 2.05) is 13.0 Å². The fourth-order valence-electron chi connectivity index (χ4n) is 5.57. The normalized spacial score (nSPS) is 38.0. The molecule has 1 spiro atoms. The molecule has 1 aromatic heterocycles. The van der Waals surface area contributed by atoms with Gasteiger partial charge in [-0.05, 0) is 43.7 Å². The number of hydrogen-bond acceptors (Lipinski definition) is 4. The van der Waals surface area contributed by atoms with Gasteiger partial charge >= 0.3 is 5.97 Å². The van der Waals surface area contributed by atoms with Crippen molar-refractivity contribution in [2.24, 2.45) is 22.7 Å². The number of carbonyl (C=O) groups is 2. The van der Waals surface area contributed by atoms with Crippen LogP contribution in [0.15, 0.2) is 34.7 Å². The van der Waals surface area contributed by atoms with Gasteiger partial charge in [-0.1, -0.05) is 25.8 Å². The van der Waals surface area contributed by atoms with Gasteiger partial charge in [-0.15, -0.1) is 0 Å². The van der Waals surface area contributed by atoms with Crippen molar-refractivity contribution in [3.8, 4) is 0 Å². The van der Waals surface area contributed by atoms with Crippen molar-refractivity contribution >= 4 is 11.8 Å². The molecule has 0 unspecified atom stereocenters. The van der Waals surface area contributed by atoms with Crippen LogP contribution in [0.25, 0.3) is 0 Å². The third-order valence-electron chi connectivity index (χ3n) is 6.53. The van der Waals surface area contributed by atoms with Crippen LogP contribution in [0.5, 0.6) is 0 Å². The van der Waals surface area contributed by atoms with Crippen LogP contribution in [0.2, 0.25) is 0 Å². The fraction of sp³-hybridized carbons (Fsp3) is 0.600. The molecule has 2 aliphatic carbocycles. The number of furan rings is 1. The standard InChI is InChI=1S/C20H24O4/c1-12-9-15(21)17-19(2,3)6-4-7-20(17)14(12)10-16(24-18(20)22)13-5-8-23-11-13/h5,8-9,11,14,16-17H,4,6-7,10H2,1-3H3/t14-,16+,17+,20-/m0/s1. The molecular formula is C20H24O4. The summed E-state index contributed by atoms with van der Waals surface area (Å²) in [5.74, 6) is -0.290. The second-order valence-corrected chi connectivity index (χ2v) is 8.35. The molecule has 1 saturated carbocycles. The molecule has 2 heterocycles. The zero-order valence-corrected chi connectivity index (χ0v) is 14.5. The molecule has 0 radical (unpaired) electrons. The molecule has 24 heavy (non-hydrogen) atoms. The van der Waals surface area contributed by atoms with Crippen LogP contribution in [0.1, 0.15) is 58.1 Å². The van der Waals surface area contributed by atoms with Crippen LogP contribution < -0.4 is 0 Å². The van der Waals surface area contributed by atoms with Gasteiger partial charge in [0, 0.05) is 17.4 Å². The zero-order valence-electron chi connectivity index (χ0n) is 14.5. The number of ether oxygens (including phenoxy) is 1. The third kappa shape index (κ3) is 1.98. The van der Waals surface area contributed by atoms with Crippen molar-refractivity contribution in [2.75, 3.05) is 0 Å². The van der Waals surface area contributed by atoms with Crippen LogP contribution in [-0.4, -0.2) is 11.8 Å². The van der Waals surface area contributed by atoms with E-state index < -0.39 is 5.41 Å². The molecule has 0 aromatic carbocycles. The van der Waals surface area contributed by atoms with Gasteiger partial charge in [0.1, 0.15) is 6.10 Å². The lowest BCUT2D eigenvalue weighted by molar-refractivity contribution is -0.196. The minimum atomic E-state index is -0.683. The maximum Gasteiger partial charge on any atom is 0.314 e. The van der Waals surface area contributed by atoms with Crippen molar-refractivity contribution in [3.05, 3.63) is 35.8 Å². The zero-order chi connectivity index (χ0) is 17.1. The summed E-state index contributed by atoms with van der Waals surface area (Å²) in [5.41, 5.74) is 1.07. The van der Waals surface area contributed by atoms with Gasteiger partial charge < -0.3 is 9.15 Å². The average Bonchev–Trinajstić information content (AvgIpc) is 3.02. The highest BCUT2D eigenvalue weighted by Gasteiger charge is 2.65.